The average molecular weight is 258 g/mol. The smallest absolute Gasteiger partial charge is 0.149 e. The molecule has 18 heavy (non-hydrogen) atoms. The SMILES string of the molecule is CCC(=O)C(CC1CCC(NC)CC1)NC(C)C.[HH].[HH]. The van der Waals surface area contributed by atoms with E-state index in [0.717, 1.165) is 12.3 Å². The molecule has 3 heteroatoms. The van der Waals surface area contributed by atoms with Crippen LogP contribution in [0, 0.1) is 5.92 Å². The van der Waals surface area contributed by atoms with Gasteiger partial charge < -0.3 is 10.6 Å². The monoisotopic (exact) mass is 258 g/mol. The molecule has 1 fully saturated rings. The Hall–Kier alpha value is -0.410. The third-order valence-corrected chi connectivity index (χ3v) is 4.10. The van der Waals surface area contributed by atoms with Crippen LogP contribution in [-0.2, 0) is 4.79 Å². The third kappa shape index (κ3) is 5.07. The van der Waals surface area contributed by atoms with Crippen molar-refractivity contribution in [2.45, 2.75) is 77.4 Å². The summed E-state index contributed by atoms with van der Waals surface area (Å²) in [4.78, 5) is 12.0. The maximum absolute atomic E-state index is 12.0. The summed E-state index contributed by atoms with van der Waals surface area (Å²) in [5.74, 6) is 1.10. The van der Waals surface area contributed by atoms with Gasteiger partial charge in [-0.15, -0.1) is 0 Å². The van der Waals surface area contributed by atoms with Crippen LogP contribution in [0.4, 0.5) is 0 Å². The second kappa shape index (κ2) is 7.90. The lowest BCUT2D eigenvalue weighted by Crippen LogP contribution is -2.42. The molecule has 0 heterocycles. The van der Waals surface area contributed by atoms with Gasteiger partial charge in [-0.1, -0.05) is 20.8 Å². The van der Waals surface area contributed by atoms with Gasteiger partial charge in [-0.05, 0) is 45.1 Å². The lowest BCUT2D eigenvalue weighted by Gasteiger charge is -2.31. The Morgan fingerprint density at radius 3 is 2.33 bits per heavy atom. The van der Waals surface area contributed by atoms with Crippen LogP contribution in [0.15, 0.2) is 0 Å². The zero-order valence-corrected chi connectivity index (χ0v) is 12.5. The highest BCUT2D eigenvalue weighted by Crippen LogP contribution is 2.28. The summed E-state index contributed by atoms with van der Waals surface area (Å²) < 4.78 is 0. The van der Waals surface area contributed by atoms with E-state index in [0.29, 0.717) is 24.3 Å². The van der Waals surface area contributed by atoms with E-state index in [2.05, 4.69) is 31.5 Å². The number of nitrogens with one attached hydrogen (secondary N) is 2. The van der Waals surface area contributed by atoms with E-state index in [9.17, 15) is 4.79 Å². The van der Waals surface area contributed by atoms with E-state index in [1.807, 2.05) is 6.92 Å². The molecule has 0 radical (unpaired) electrons. The number of Topliss-reactive ketones (excluding diaryl/α,β-unsaturated/α-hetero) is 1. The van der Waals surface area contributed by atoms with Gasteiger partial charge in [0.05, 0.1) is 6.04 Å². The second-order valence-corrected chi connectivity index (χ2v) is 5.94. The Balaban J connectivity index is 0. The van der Waals surface area contributed by atoms with Gasteiger partial charge in [0, 0.05) is 21.4 Å². The van der Waals surface area contributed by atoms with Gasteiger partial charge in [0.2, 0.25) is 0 Å². The first-order valence-corrected chi connectivity index (χ1v) is 7.52. The first-order chi connectivity index (χ1) is 8.56. The summed E-state index contributed by atoms with van der Waals surface area (Å²) in [6.07, 6.45) is 6.72. The molecule has 3 nitrogen and oxygen atoms in total. The minimum atomic E-state index is 0. The minimum Gasteiger partial charge on any atom is -0.317 e. The molecule has 0 aromatic carbocycles. The molecule has 1 unspecified atom stereocenters. The Bertz CT molecular complexity index is 254. The predicted molar refractivity (Wildman–Crippen MR) is 81.0 cm³/mol. The van der Waals surface area contributed by atoms with Gasteiger partial charge in [-0.25, -0.2) is 0 Å². The summed E-state index contributed by atoms with van der Waals surface area (Å²) in [7, 11) is 2.05. The molecule has 0 saturated heterocycles. The largest absolute Gasteiger partial charge is 0.317 e. The number of hydrogen-bond donors (Lipinski definition) is 2. The van der Waals surface area contributed by atoms with E-state index in [1.54, 1.807) is 0 Å². The number of ketones is 1. The number of hydrogen-bond acceptors (Lipinski definition) is 3. The van der Waals surface area contributed by atoms with Crippen LogP contribution >= 0.6 is 0 Å². The van der Waals surface area contributed by atoms with Gasteiger partial charge in [-0.2, -0.15) is 0 Å². The molecule has 0 aromatic heterocycles. The highest BCUT2D eigenvalue weighted by atomic mass is 16.1. The zero-order chi connectivity index (χ0) is 13.5. The van der Waals surface area contributed by atoms with Crippen molar-refractivity contribution in [2.75, 3.05) is 7.05 Å². The van der Waals surface area contributed by atoms with Crippen molar-refractivity contribution in [3.63, 3.8) is 0 Å². The molecule has 0 aromatic rings. The van der Waals surface area contributed by atoms with Gasteiger partial charge in [0.15, 0.2) is 0 Å². The van der Waals surface area contributed by atoms with Gasteiger partial charge in [0.25, 0.3) is 0 Å². The fraction of sp³-hybridized carbons (Fsp3) is 0.933. The van der Waals surface area contributed by atoms with Crippen molar-refractivity contribution in [1.29, 1.82) is 0 Å². The first kappa shape index (κ1) is 15.6. The molecule has 0 aliphatic heterocycles. The van der Waals surface area contributed by atoms with Crippen LogP contribution in [0.5, 0.6) is 0 Å². The topological polar surface area (TPSA) is 41.1 Å². The zero-order valence-electron chi connectivity index (χ0n) is 12.5. The summed E-state index contributed by atoms with van der Waals surface area (Å²) in [6, 6.07) is 1.16. The van der Waals surface area contributed by atoms with Crippen molar-refractivity contribution >= 4 is 5.78 Å². The quantitative estimate of drug-likeness (QED) is 0.737. The average Bonchev–Trinajstić information content (AvgIpc) is 2.37. The van der Waals surface area contributed by atoms with E-state index in [4.69, 9.17) is 0 Å². The first-order valence-electron chi connectivity index (χ1n) is 7.52. The molecule has 1 aliphatic carbocycles. The maximum Gasteiger partial charge on any atom is 0.149 e. The standard InChI is InChI=1S/C15H30N2O.2H2/c1-5-15(18)14(17-11(2)3)10-12-6-8-13(16-4)9-7-12;;/h11-14,16-17H,5-10H2,1-4H3;2*1H. The van der Waals surface area contributed by atoms with E-state index in [-0.39, 0.29) is 8.90 Å². The number of rotatable bonds is 7. The van der Waals surface area contributed by atoms with E-state index < -0.39 is 0 Å². The van der Waals surface area contributed by atoms with Crippen molar-refractivity contribution in [3.8, 4) is 0 Å². The van der Waals surface area contributed by atoms with Crippen LogP contribution in [0.1, 0.15) is 62.1 Å². The van der Waals surface area contributed by atoms with Crippen molar-refractivity contribution in [2.24, 2.45) is 5.92 Å². The molecule has 1 saturated carbocycles. The molecule has 0 amide bonds. The Kier molecular flexibility index (Phi) is 6.87. The van der Waals surface area contributed by atoms with Crippen LogP contribution < -0.4 is 10.6 Å². The molecule has 1 atom stereocenters. The van der Waals surface area contributed by atoms with E-state index in [1.165, 1.54) is 25.7 Å². The Morgan fingerprint density at radius 1 is 1.28 bits per heavy atom. The van der Waals surface area contributed by atoms with Gasteiger partial charge >= 0.3 is 0 Å². The van der Waals surface area contributed by atoms with Crippen molar-refractivity contribution in [1.82, 2.24) is 10.6 Å². The molecule has 1 rings (SSSR count). The minimum absolute atomic E-state index is 0. The number of carbonyl (C=O) groups is 1. The molecule has 110 valence electrons. The lowest BCUT2D eigenvalue weighted by atomic mass is 9.81. The van der Waals surface area contributed by atoms with Gasteiger partial charge in [0.1, 0.15) is 5.78 Å². The van der Waals surface area contributed by atoms with Crippen molar-refractivity contribution in [3.05, 3.63) is 0 Å². The summed E-state index contributed by atoms with van der Waals surface area (Å²) in [6.45, 7) is 6.21. The molecular weight excluding hydrogens is 224 g/mol. The van der Waals surface area contributed by atoms with Gasteiger partial charge in [-0.3, -0.25) is 4.79 Å². The Labute approximate surface area is 115 Å². The highest BCUT2D eigenvalue weighted by Gasteiger charge is 2.25. The van der Waals surface area contributed by atoms with Crippen LogP contribution in [0.25, 0.3) is 0 Å². The second-order valence-electron chi connectivity index (χ2n) is 5.94. The highest BCUT2D eigenvalue weighted by molar-refractivity contribution is 5.83. The summed E-state index contributed by atoms with van der Waals surface area (Å²) >= 11 is 0. The Morgan fingerprint density at radius 2 is 1.89 bits per heavy atom. The number of carbonyl (C=O) groups excluding carboxylic acids is 1. The third-order valence-electron chi connectivity index (χ3n) is 4.10. The summed E-state index contributed by atoms with van der Waals surface area (Å²) in [5.41, 5.74) is 0. The normalized spacial score (nSPS) is 26.3. The fourth-order valence-corrected chi connectivity index (χ4v) is 2.96. The van der Waals surface area contributed by atoms with E-state index >= 15 is 0 Å². The molecule has 0 bridgehead atoms. The molecule has 1 aliphatic rings. The van der Waals surface area contributed by atoms with Crippen LogP contribution in [-0.4, -0.2) is 31.0 Å². The summed E-state index contributed by atoms with van der Waals surface area (Å²) in [5, 5.41) is 6.80. The maximum atomic E-state index is 12.0. The molecule has 2 N–H and O–H groups in total. The van der Waals surface area contributed by atoms with Crippen LogP contribution in [0.3, 0.4) is 0 Å². The predicted octanol–water partition coefficient (Wildman–Crippen LogP) is 2.99. The van der Waals surface area contributed by atoms with Crippen LogP contribution in [0.2, 0.25) is 0 Å². The lowest BCUT2D eigenvalue weighted by molar-refractivity contribution is -0.121. The molecule has 0 spiro atoms. The molecular formula is C15H34N2O. The fourth-order valence-electron chi connectivity index (χ4n) is 2.96. The van der Waals surface area contributed by atoms with Crippen molar-refractivity contribution < 1.29 is 7.65 Å².